The van der Waals surface area contributed by atoms with Crippen molar-refractivity contribution in [2.24, 2.45) is 0 Å². The maximum absolute atomic E-state index is 12.6. The SMILES string of the molecule is CCCOc1cccc(C(=O)N(CCCBr)C(C)C)c1. The summed E-state index contributed by atoms with van der Waals surface area (Å²) in [5, 5.41) is 0.906. The van der Waals surface area contributed by atoms with Crippen molar-refractivity contribution in [1.82, 2.24) is 4.90 Å². The Morgan fingerprint density at radius 2 is 2.15 bits per heavy atom. The quantitative estimate of drug-likeness (QED) is 0.666. The number of alkyl halides is 1. The van der Waals surface area contributed by atoms with Crippen molar-refractivity contribution in [3.8, 4) is 5.75 Å². The fraction of sp³-hybridized carbons (Fsp3) is 0.562. The monoisotopic (exact) mass is 341 g/mol. The van der Waals surface area contributed by atoms with Gasteiger partial charge in [-0.3, -0.25) is 4.79 Å². The van der Waals surface area contributed by atoms with Crippen LogP contribution in [-0.2, 0) is 0 Å². The molecule has 0 radical (unpaired) electrons. The van der Waals surface area contributed by atoms with Crippen LogP contribution in [0.4, 0.5) is 0 Å². The molecule has 1 amide bonds. The average molecular weight is 342 g/mol. The van der Waals surface area contributed by atoms with Gasteiger partial charge in [0, 0.05) is 23.5 Å². The minimum Gasteiger partial charge on any atom is -0.494 e. The summed E-state index contributed by atoms with van der Waals surface area (Å²) in [6.07, 6.45) is 1.91. The largest absolute Gasteiger partial charge is 0.494 e. The van der Waals surface area contributed by atoms with E-state index in [0.29, 0.717) is 12.2 Å². The second-order valence-electron chi connectivity index (χ2n) is 5.01. The molecule has 0 atom stereocenters. The summed E-state index contributed by atoms with van der Waals surface area (Å²) in [6.45, 7) is 7.60. The third-order valence-electron chi connectivity index (χ3n) is 2.97. The Bertz CT molecular complexity index is 421. The van der Waals surface area contributed by atoms with Crippen molar-refractivity contribution in [3.63, 3.8) is 0 Å². The first kappa shape index (κ1) is 17.0. The van der Waals surface area contributed by atoms with E-state index in [1.54, 1.807) is 0 Å². The summed E-state index contributed by atoms with van der Waals surface area (Å²) >= 11 is 3.41. The van der Waals surface area contributed by atoms with Gasteiger partial charge in [-0.1, -0.05) is 28.9 Å². The van der Waals surface area contributed by atoms with Crippen LogP contribution in [0.25, 0.3) is 0 Å². The van der Waals surface area contributed by atoms with E-state index in [0.717, 1.165) is 30.5 Å². The normalized spacial score (nSPS) is 10.7. The molecule has 1 rings (SSSR count). The van der Waals surface area contributed by atoms with Crippen LogP contribution in [0.15, 0.2) is 24.3 Å². The number of hydrogen-bond donors (Lipinski definition) is 0. The van der Waals surface area contributed by atoms with Gasteiger partial charge in [0.2, 0.25) is 0 Å². The number of benzene rings is 1. The smallest absolute Gasteiger partial charge is 0.254 e. The predicted molar refractivity (Wildman–Crippen MR) is 86.8 cm³/mol. The lowest BCUT2D eigenvalue weighted by atomic mass is 10.1. The van der Waals surface area contributed by atoms with E-state index in [4.69, 9.17) is 4.74 Å². The molecule has 4 heteroatoms. The number of carbonyl (C=O) groups excluding carboxylic acids is 1. The standard InChI is InChI=1S/C16H24BrNO2/c1-4-11-20-15-8-5-7-14(12-15)16(19)18(13(2)3)10-6-9-17/h5,7-8,12-13H,4,6,9-11H2,1-3H3. The van der Waals surface area contributed by atoms with E-state index in [2.05, 4.69) is 22.9 Å². The molecule has 0 aliphatic rings. The highest BCUT2D eigenvalue weighted by Crippen LogP contribution is 2.17. The van der Waals surface area contributed by atoms with Gasteiger partial charge in [0.05, 0.1) is 6.61 Å². The molecular formula is C16H24BrNO2. The maximum atomic E-state index is 12.6. The van der Waals surface area contributed by atoms with Crippen LogP contribution >= 0.6 is 15.9 Å². The Balaban J connectivity index is 2.82. The number of ether oxygens (including phenoxy) is 1. The lowest BCUT2D eigenvalue weighted by Gasteiger charge is -2.26. The van der Waals surface area contributed by atoms with Gasteiger partial charge in [-0.15, -0.1) is 0 Å². The lowest BCUT2D eigenvalue weighted by Crippen LogP contribution is -2.37. The van der Waals surface area contributed by atoms with Crippen molar-refractivity contribution < 1.29 is 9.53 Å². The summed E-state index contributed by atoms with van der Waals surface area (Å²) in [4.78, 5) is 14.5. The summed E-state index contributed by atoms with van der Waals surface area (Å²) in [5.74, 6) is 0.838. The van der Waals surface area contributed by atoms with Crippen LogP contribution in [-0.4, -0.2) is 35.3 Å². The van der Waals surface area contributed by atoms with Gasteiger partial charge in [0.1, 0.15) is 5.75 Å². The predicted octanol–water partition coefficient (Wildman–Crippen LogP) is 4.11. The van der Waals surface area contributed by atoms with Crippen LogP contribution in [0.2, 0.25) is 0 Å². The van der Waals surface area contributed by atoms with Gasteiger partial charge < -0.3 is 9.64 Å². The van der Waals surface area contributed by atoms with Gasteiger partial charge in [-0.2, -0.15) is 0 Å². The third-order valence-corrected chi connectivity index (χ3v) is 3.53. The van der Waals surface area contributed by atoms with Crippen LogP contribution in [0.1, 0.15) is 44.0 Å². The number of nitrogens with zero attached hydrogens (tertiary/aromatic N) is 1. The molecule has 0 aliphatic heterocycles. The van der Waals surface area contributed by atoms with E-state index in [9.17, 15) is 4.79 Å². The third kappa shape index (κ3) is 5.16. The lowest BCUT2D eigenvalue weighted by molar-refractivity contribution is 0.0706. The molecule has 1 aromatic rings. The van der Waals surface area contributed by atoms with Gasteiger partial charge >= 0.3 is 0 Å². The van der Waals surface area contributed by atoms with E-state index in [-0.39, 0.29) is 11.9 Å². The average Bonchev–Trinajstić information content (AvgIpc) is 2.45. The first-order valence-corrected chi connectivity index (χ1v) is 8.32. The summed E-state index contributed by atoms with van der Waals surface area (Å²) in [5.41, 5.74) is 0.696. The van der Waals surface area contributed by atoms with Crippen molar-refractivity contribution in [2.75, 3.05) is 18.5 Å². The summed E-state index contributed by atoms with van der Waals surface area (Å²) in [6, 6.07) is 7.65. The van der Waals surface area contributed by atoms with Gasteiger partial charge in [-0.25, -0.2) is 0 Å². The van der Waals surface area contributed by atoms with Crippen molar-refractivity contribution in [1.29, 1.82) is 0 Å². The fourth-order valence-electron chi connectivity index (χ4n) is 1.93. The first-order chi connectivity index (χ1) is 9.60. The zero-order valence-corrected chi connectivity index (χ0v) is 14.1. The Kier molecular flexibility index (Phi) is 7.67. The Morgan fingerprint density at radius 1 is 1.40 bits per heavy atom. The molecule has 0 saturated heterocycles. The van der Waals surface area contributed by atoms with Crippen molar-refractivity contribution in [3.05, 3.63) is 29.8 Å². The number of rotatable bonds is 8. The molecule has 0 unspecified atom stereocenters. The number of hydrogen-bond acceptors (Lipinski definition) is 2. The van der Waals surface area contributed by atoms with E-state index in [1.807, 2.05) is 43.0 Å². The van der Waals surface area contributed by atoms with Crippen LogP contribution in [0.5, 0.6) is 5.75 Å². The molecule has 0 aromatic heterocycles. The van der Waals surface area contributed by atoms with Crippen LogP contribution in [0.3, 0.4) is 0 Å². The second-order valence-corrected chi connectivity index (χ2v) is 5.80. The molecule has 0 heterocycles. The minimum absolute atomic E-state index is 0.0721. The Labute approximate surface area is 130 Å². The first-order valence-electron chi connectivity index (χ1n) is 7.20. The van der Waals surface area contributed by atoms with Gasteiger partial charge in [0.15, 0.2) is 0 Å². The molecular weight excluding hydrogens is 318 g/mol. The van der Waals surface area contributed by atoms with Crippen molar-refractivity contribution in [2.45, 2.75) is 39.7 Å². The van der Waals surface area contributed by atoms with Crippen LogP contribution < -0.4 is 4.74 Å². The maximum Gasteiger partial charge on any atom is 0.254 e. The number of amides is 1. The summed E-state index contributed by atoms with van der Waals surface area (Å²) in [7, 11) is 0. The highest BCUT2D eigenvalue weighted by molar-refractivity contribution is 9.09. The fourth-order valence-corrected chi connectivity index (χ4v) is 2.18. The van der Waals surface area contributed by atoms with Gasteiger partial charge in [-0.05, 0) is 44.9 Å². The topological polar surface area (TPSA) is 29.5 Å². The van der Waals surface area contributed by atoms with E-state index in [1.165, 1.54) is 0 Å². The molecule has 1 aromatic carbocycles. The van der Waals surface area contributed by atoms with Gasteiger partial charge in [0.25, 0.3) is 5.91 Å². The van der Waals surface area contributed by atoms with Crippen molar-refractivity contribution >= 4 is 21.8 Å². The molecule has 20 heavy (non-hydrogen) atoms. The molecule has 0 bridgehead atoms. The molecule has 0 fully saturated rings. The van der Waals surface area contributed by atoms with E-state index < -0.39 is 0 Å². The zero-order chi connectivity index (χ0) is 15.0. The molecule has 0 N–H and O–H groups in total. The minimum atomic E-state index is 0.0721. The Hall–Kier alpha value is -1.03. The summed E-state index contributed by atoms with van der Waals surface area (Å²) < 4.78 is 5.59. The zero-order valence-electron chi connectivity index (χ0n) is 12.6. The highest BCUT2D eigenvalue weighted by Gasteiger charge is 2.18. The number of carbonyl (C=O) groups is 1. The molecule has 0 saturated carbocycles. The van der Waals surface area contributed by atoms with Crippen LogP contribution in [0, 0.1) is 0 Å². The highest BCUT2D eigenvalue weighted by atomic mass is 79.9. The van der Waals surface area contributed by atoms with E-state index >= 15 is 0 Å². The molecule has 0 spiro atoms. The molecule has 112 valence electrons. The molecule has 0 aliphatic carbocycles. The molecule has 3 nitrogen and oxygen atoms in total. The second kappa shape index (κ2) is 9.01. The Morgan fingerprint density at radius 3 is 2.75 bits per heavy atom. The number of halogens is 1.